The zero-order valence-corrected chi connectivity index (χ0v) is 4.11. The summed E-state index contributed by atoms with van der Waals surface area (Å²) < 4.78 is 0. The van der Waals surface area contributed by atoms with Crippen molar-refractivity contribution in [1.82, 2.24) is 0 Å². The Morgan fingerprint density at radius 3 is 2.88 bits per heavy atom. The summed E-state index contributed by atoms with van der Waals surface area (Å²) in [5.74, 6) is -0.333. The van der Waals surface area contributed by atoms with E-state index in [1.807, 2.05) is 0 Å². The molecule has 0 bridgehead atoms. The van der Waals surface area contributed by atoms with Crippen molar-refractivity contribution in [2.45, 2.75) is 6.04 Å². The first kappa shape index (κ1) is 5.11. The molecule has 0 unspecified atom stereocenters. The molecule has 1 aliphatic heterocycles. The van der Waals surface area contributed by atoms with Gasteiger partial charge in [0.05, 0.1) is 0 Å². The Morgan fingerprint density at radius 2 is 2.50 bits per heavy atom. The van der Waals surface area contributed by atoms with Crippen LogP contribution in [0.15, 0.2) is 9.98 Å². The molecule has 2 N–H and O–H groups in total. The lowest BCUT2D eigenvalue weighted by Gasteiger charge is -1.99. The molecule has 42 valence electrons. The van der Waals surface area contributed by atoms with Crippen molar-refractivity contribution in [3.63, 3.8) is 0 Å². The Bertz CT molecular complexity index is 161. The van der Waals surface area contributed by atoms with Crippen LogP contribution in [-0.4, -0.2) is 24.5 Å². The van der Waals surface area contributed by atoms with Crippen LogP contribution in [0.4, 0.5) is 0 Å². The fourth-order valence-electron chi connectivity index (χ4n) is 0.371. The molecule has 0 fully saturated rings. The van der Waals surface area contributed by atoms with Gasteiger partial charge in [-0.15, -0.1) is 0 Å². The van der Waals surface area contributed by atoms with Crippen molar-refractivity contribution in [2.75, 3.05) is 0 Å². The van der Waals surface area contributed by atoms with Gasteiger partial charge in [-0.3, -0.25) is 4.79 Å². The van der Waals surface area contributed by atoms with Crippen molar-refractivity contribution in [2.24, 2.45) is 15.7 Å². The number of amides is 1. The molecule has 1 amide bonds. The Labute approximate surface area is 46.1 Å². The van der Waals surface area contributed by atoms with Gasteiger partial charge in [0, 0.05) is 6.21 Å². The number of aliphatic imine (C=N–C) groups is 2. The van der Waals surface area contributed by atoms with Crippen molar-refractivity contribution in [1.29, 1.82) is 0 Å². The second-order valence-corrected chi connectivity index (χ2v) is 1.41. The number of nitrogens with zero attached hydrogens (tertiary/aromatic N) is 2. The summed E-state index contributed by atoms with van der Waals surface area (Å²) >= 11 is 0. The maximum atomic E-state index is 10.4. The number of carbonyl (C=O) groups is 1. The standard InChI is InChI=1S/C4H5N3O/c5-3-1-6-2-7-4(3)8/h1-3H,5H2/t3-/m1/s1. The molecule has 0 saturated carbocycles. The minimum absolute atomic E-state index is 0.333. The highest BCUT2D eigenvalue weighted by Gasteiger charge is 2.09. The highest BCUT2D eigenvalue weighted by Crippen LogP contribution is 1.84. The first-order valence-electron chi connectivity index (χ1n) is 2.16. The number of nitrogens with two attached hydrogens (primary N) is 1. The summed E-state index contributed by atoms with van der Waals surface area (Å²) in [7, 11) is 0. The molecule has 0 aromatic carbocycles. The van der Waals surface area contributed by atoms with E-state index in [0.717, 1.165) is 0 Å². The molecule has 0 radical (unpaired) electrons. The van der Waals surface area contributed by atoms with Crippen molar-refractivity contribution in [3.05, 3.63) is 0 Å². The van der Waals surface area contributed by atoms with E-state index < -0.39 is 6.04 Å². The third-order valence-corrected chi connectivity index (χ3v) is 0.783. The maximum Gasteiger partial charge on any atom is 0.269 e. The average Bonchev–Trinajstić information content (AvgIpc) is 1.77. The first-order valence-corrected chi connectivity index (χ1v) is 2.16. The van der Waals surface area contributed by atoms with Gasteiger partial charge in [0.1, 0.15) is 12.4 Å². The lowest BCUT2D eigenvalue weighted by atomic mass is 10.3. The summed E-state index contributed by atoms with van der Waals surface area (Å²) in [6.07, 6.45) is 2.54. The van der Waals surface area contributed by atoms with E-state index in [1.54, 1.807) is 0 Å². The fraction of sp³-hybridized carbons (Fsp3) is 0.250. The van der Waals surface area contributed by atoms with Gasteiger partial charge < -0.3 is 5.73 Å². The monoisotopic (exact) mass is 111 g/mol. The van der Waals surface area contributed by atoms with E-state index >= 15 is 0 Å². The van der Waals surface area contributed by atoms with Crippen molar-refractivity contribution >= 4 is 18.5 Å². The molecular formula is C4H5N3O. The van der Waals surface area contributed by atoms with Crippen LogP contribution in [0, 0.1) is 0 Å². The van der Waals surface area contributed by atoms with E-state index in [1.165, 1.54) is 12.6 Å². The highest BCUT2D eigenvalue weighted by atomic mass is 16.1. The smallest absolute Gasteiger partial charge is 0.269 e. The Hall–Kier alpha value is -1.03. The van der Waals surface area contributed by atoms with Gasteiger partial charge in [0.15, 0.2) is 0 Å². The van der Waals surface area contributed by atoms with E-state index in [0.29, 0.717) is 0 Å². The quantitative estimate of drug-likeness (QED) is 0.433. The summed E-state index contributed by atoms with van der Waals surface area (Å²) in [5.41, 5.74) is 5.17. The second kappa shape index (κ2) is 1.83. The maximum absolute atomic E-state index is 10.4. The molecular weight excluding hydrogens is 106 g/mol. The molecule has 0 aromatic heterocycles. The predicted octanol–water partition coefficient (Wildman–Crippen LogP) is -1.05. The van der Waals surface area contributed by atoms with Crippen molar-refractivity contribution in [3.8, 4) is 0 Å². The van der Waals surface area contributed by atoms with Gasteiger partial charge >= 0.3 is 0 Å². The van der Waals surface area contributed by atoms with E-state index in [-0.39, 0.29) is 5.91 Å². The topological polar surface area (TPSA) is 67.8 Å². The van der Waals surface area contributed by atoms with Crippen LogP contribution in [0.1, 0.15) is 0 Å². The normalized spacial score (nSPS) is 26.6. The van der Waals surface area contributed by atoms with E-state index in [4.69, 9.17) is 5.73 Å². The number of carbonyl (C=O) groups excluding carboxylic acids is 1. The van der Waals surface area contributed by atoms with Gasteiger partial charge in [-0.1, -0.05) is 0 Å². The minimum Gasteiger partial charge on any atom is -0.315 e. The van der Waals surface area contributed by atoms with Gasteiger partial charge in [-0.05, 0) is 0 Å². The van der Waals surface area contributed by atoms with Crippen LogP contribution < -0.4 is 5.73 Å². The number of hydrogen-bond acceptors (Lipinski definition) is 3. The zero-order chi connectivity index (χ0) is 5.98. The molecule has 1 atom stereocenters. The Balaban J connectivity index is 2.74. The molecule has 0 aromatic rings. The van der Waals surface area contributed by atoms with Gasteiger partial charge in [-0.25, -0.2) is 4.99 Å². The van der Waals surface area contributed by atoms with Gasteiger partial charge in [0.2, 0.25) is 0 Å². The van der Waals surface area contributed by atoms with Crippen LogP contribution >= 0.6 is 0 Å². The highest BCUT2D eigenvalue weighted by molar-refractivity contribution is 6.05. The first-order chi connectivity index (χ1) is 3.80. The Morgan fingerprint density at radius 1 is 1.75 bits per heavy atom. The van der Waals surface area contributed by atoms with Crippen LogP contribution in [0.5, 0.6) is 0 Å². The average molecular weight is 111 g/mol. The predicted molar refractivity (Wildman–Crippen MR) is 30.0 cm³/mol. The lowest BCUT2D eigenvalue weighted by molar-refractivity contribution is -0.117. The minimum atomic E-state index is -0.625. The molecule has 4 nitrogen and oxygen atoms in total. The molecule has 1 heterocycles. The summed E-state index contributed by atoms with van der Waals surface area (Å²) in [6.45, 7) is 0. The molecule has 8 heavy (non-hydrogen) atoms. The third-order valence-electron chi connectivity index (χ3n) is 0.783. The van der Waals surface area contributed by atoms with E-state index in [2.05, 4.69) is 9.98 Å². The summed E-state index contributed by atoms with van der Waals surface area (Å²) in [6, 6.07) is -0.625. The van der Waals surface area contributed by atoms with Crippen LogP contribution in [0.2, 0.25) is 0 Å². The SMILES string of the molecule is N[C@@H]1C=NC=NC1=O. The molecule has 1 aliphatic rings. The van der Waals surface area contributed by atoms with E-state index in [9.17, 15) is 4.79 Å². The number of rotatable bonds is 0. The summed E-state index contributed by atoms with van der Waals surface area (Å²) in [5, 5.41) is 0. The van der Waals surface area contributed by atoms with Crippen molar-refractivity contribution < 1.29 is 4.79 Å². The molecule has 0 spiro atoms. The van der Waals surface area contributed by atoms with Gasteiger partial charge in [-0.2, -0.15) is 4.99 Å². The van der Waals surface area contributed by atoms with Gasteiger partial charge in [0.25, 0.3) is 5.91 Å². The fourth-order valence-corrected chi connectivity index (χ4v) is 0.371. The Kier molecular flexibility index (Phi) is 1.17. The molecule has 0 saturated heterocycles. The summed E-state index contributed by atoms with van der Waals surface area (Å²) in [4.78, 5) is 17.2. The second-order valence-electron chi connectivity index (χ2n) is 1.41. The molecule has 4 heteroatoms. The van der Waals surface area contributed by atoms with Crippen LogP contribution in [-0.2, 0) is 4.79 Å². The zero-order valence-electron chi connectivity index (χ0n) is 4.11. The molecule has 1 rings (SSSR count). The lowest BCUT2D eigenvalue weighted by Crippen LogP contribution is -2.32. The van der Waals surface area contributed by atoms with Crippen LogP contribution in [0.25, 0.3) is 0 Å². The number of hydrogen-bond donors (Lipinski definition) is 1. The largest absolute Gasteiger partial charge is 0.315 e. The molecule has 0 aliphatic carbocycles. The third kappa shape index (κ3) is 0.788. The van der Waals surface area contributed by atoms with Crippen LogP contribution in [0.3, 0.4) is 0 Å².